The van der Waals surface area contributed by atoms with Crippen molar-refractivity contribution in [1.82, 2.24) is 0 Å². The minimum absolute atomic E-state index is 0.263. The molecule has 1 saturated heterocycles. The van der Waals surface area contributed by atoms with E-state index in [-0.39, 0.29) is 6.79 Å². The van der Waals surface area contributed by atoms with E-state index in [9.17, 15) is 0 Å². The second-order valence-electron chi connectivity index (χ2n) is 6.62. The molecule has 26 heavy (non-hydrogen) atoms. The number of piperazine rings is 1. The lowest BCUT2D eigenvalue weighted by Gasteiger charge is -2.34. The van der Waals surface area contributed by atoms with Crippen molar-refractivity contribution in [3.8, 4) is 23.0 Å². The first-order valence-electron chi connectivity index (χ1n) is 8.96. The fourth-order valence-electron chi connectivity index (χ4n) is 3.71. The Bertz CT molecular complexity index is 772. The molecular formula is C20H25N2O4+. The van der Waals surface area contributed by atoms with Gasteiger partial charge in [-0.25, -0.2) is 0 Å². The molecule has 6 heteroatoms. The zero-order valence-corrected chi connectivity index (χ0v) is 15.3. The fraction of sp³-hybridized carbons (Fsp3) is 0.400. The van der Waals surface area contributed by atoms with Crippen LogP contribution in [0.2, 0.25) is 0 Å². The summed E-state index contributed by atoms with van der Waals surface area (Å²) in [7, 11) is 3.40. The lowest BCUT2D eigenvalue weighted by molar-refractivity contribution is -0.914. The third-order valence-corrected chi connectivity index (χ3v) is 5.07. The van der Waals surface area contributed by atoms with Crippen LogP contribution in [-0.4, -0.2) is 47.2 Å². The second kappa shape index (κ2) is 7.33. The van der Waals surface area contributed by atoms with Gasteiger partial charge in [0.1, 0.15) is 12.3 Å². The Balaban J connectivity index is 1.41. The lowest BCUT2D eigenvalue weighted by atomic mass is 10.1. The molecule has 0 unspecified atom stereocenters. The molecule has 0 aromatic heterocycles. The summed E-state index contributed by atoms with van der Waals surface area (Å²) < 4.78 is 22.0. The van der Waals surface area contributed by atoms with Crippen LogP contribution in [0.4, 0.5) is 5.69 Å². The molecule has 2 heterocycles. The molecule has 2 aromatic rings. The minimum atomic E-state index is 0.263. The Labute approximate surface area is 153 Å². The molecule has 0 radical (unpaired) electrons. The second-order valence-corrected chi connectivity index (χ2v) is 6.62. The largest absolute Gasteiger partial charge is 0.495 e. The Kier molecular flexibility index (Phi) is 4.75. The van der Waals surface area contributed by atoms with Crippen LogP contribution in [0, 0.1) is 0 Å². The van der Waals surface area contributed by atoms with Gasteiger partial charge in [0.2, 0.25) is 12.5 Å². The zero-order valence-electron chi connectivity index (χ0n) is 15.3. The van der Waals surface area contributed by atoms with Crippen LogP contribution in [0.25, 0.3) is 0 Å². The molecule has 4 rings (SSSR count). The molecule has 0 atom stereocenters. The summed E-state index contributed by atoms with van der Waals surface area (Å²) in [6, 6.07) is 12.4. The summed E-state index contributed by atoms with van der Waals surface area (Å²) in [4.78, 5) is 3.96. The van der Waals surface area contributed by atoms with Crippen LogP contribution in [0.15, 0.2) is 36.4 Å². The lowest BCUT2D eigenvalue weighted by Crippen LogP contribution is -3.13. The SMILES string of the molecule is COc1ccccc1N1CC[NH+](Cc2cc(OC)c3c(c2)OCO3)CC1. The molecular weight excluding hydrogens is 332 g/mol. The van der Waals surface area contributed by atoms with Gasteiger partial charge in [0.15, 0.2) is 11.5 Å². The van der Waals surface area contributed by atoms with Crippen LogP contribution >= 0.6 is 0 Å². The van der Waals surface area contributed by atoms with E-state index in [0.29, 0.717) is 5.75 Å². The van der Waals surface area contributed by atoms with Gasteiger partial charge >= 0.3 is 0 Å². The normalized spacial score (nSPS) is 16.6. The molecule has 138 valence electrons. The van der Waals surface area contributed by atoms with E-state index in [1.165, 1.54) is 11.3 Å². The maximum atomic E-state index is 5.54. The summed E-state index contributed by atoms with van der Waals surface area (Å²) in [6.45, 7) is 5.39. The van der Waals surface area contributed by atoms with Gasteiger partial charge in [-0.05, 0) is 24.3 Å². The van der Waals surface area contributed by atoms with Crippen molar-refractivity contribution in [2.75, 3.05) is 52.1 Å². The first-order valence-corrected chi connectivity index (χ1v) is 8.96. The van der Waals surface area contributed by atoms with Crippen molar-refractivity contribution in [1.29, 1.82) is 0 Å². The van der Waals surface area contributed by atoms with E-state index in [4.69, 9.17) is 18.9 Å². The number of fused-ring (bicyclic) bond motifs is 1. The molecule has 2 aliphatic rings. The summed E-state index contributed by atoms with van der Waals surface area (Å²) in [6.07, 6.45) is 0. The van der Waals surface area contributed by atoms with E-state index < -0.39 is 0 Å². The van der Waals surface area contributed by atoms with Gasteiger partial charge in [-0.2, -0.15) is 0 Å². The maximum absolute atomic E-state index is 5.54. The monoisotopic (exact) mass is 357 g/mol. The predicted octanol–water partition coefficient (Wildman–Crippen LogP) is 1.34. The summed E-state index contributed by atoms with van der Waals surface area (Å²) in [5, 5.41) is 0. The highest BCUT2D eigenvalue weighted by molar-refractivity contribution is 5.58. The summed E-state index contributed by atoms with van der Waals surface area (Å²) >= 11 is 0. The van der Waals surface area contributed by atoms with E-state index in [1.54, 1.807) is 19.1 Å². The highest BCUT2D eigenvalue weighted by Gasteiger charge is 2.25. The number of nitrogens with one attached hydrogen (secondary N) is 1. The van der Waals surface area contributed by atoms with Crippen LogP contribution in [0.1, 0.15) is 5.56 Å². The molecule has 0 aliphatic carbocycles. The van der Waals surface area contributed by atoms with Gasteiger partial charge in [-0.1, -0.05) is 12.1 Å². The van der Waals surface area contributed by atoms with Crippen LogP contribution in [-0.2, 0) is 6.54 Å². The summed E-state index contributed by atoms with van der Waals surface area (Å²) in [5.41, 5.74) is 2.39. The quantitative estimate of drug-likeness (QED) is 0.875. The van der Waals surface area contributed by atoms with Crippen LogP contribution in [0.5, 0.6) is 23.0 Å². The Morgan fingerprint density at radius 2 is 1.77 bits per heavy atom. The number of para-hydroxylation sites is 2. The number of rotatable bonds is 5. The van der Waals surface area contributed by atoms with Crippen molar-refractivity contribution >= 4 is 5.69 Å². The van der Waals surface area contributed by atoms with Gasteiger partial charge in [-0.3, -0.25) is 0 Å². The number of benzene rings is 2. The third-order valence-electron chi connectivity index (χ3n) is 5.07. The van der Waals surface area contributed by atoms with Gasteiger partial charge < -0.3 is 28.7 Å². The van der Waals surface area contributed by atoms with Gasteiger partial charge in [0.05, 0.1) is 46.1 Å². The van der Waals surface area contributed by atoms with E-state index in [0.717, 1.165) is 50.0 Å². The Hall–Kier alpha value is -2.60. The zero-order chi connectivity index (χ0) is 17.9. The van der Waals surface area contributed by atoms with Crippen LogP contribution < -0.4 is 28.7 Å². The molecule has 1 fully saturated rings. The molecule has 6 nitrogen and oxygen atoms in total. The van der Waals surface area contributed by atoms with E-state index in [2.05, 4.69) is 29.2 Å². The Morgan fingerprint density at radius 1 is 1.00 bits per heavy atom. The van der Waals surface area contributed by atoms with Crippen molar-refractivity contribution < 1.29 is 23.8 Å². The number of hydrogen-bond acceptors (Lipinski definition) is 5. The third kappa shape index (κ3) is 3.24. The number of hydrogen-bond donors (Lipinski definition) is 1. The smallest absolute Gasteiger partial charge is 0.231 e. The molecule has 0 spiro atoms. The number of methoxy groups -OCH3 is 2. The number of quaternary nitrogens is 1. The highest BCUT2D eigenvalue weighted by atomic mass is 16.7. The molecule has 2 aromatic carbocycles. The topological polar surface area (TPSA) is 44.6 Å². The van der Waals surface area contributed by atoms with E-state index in [1.807, 2.05) is 12.1 Å². The van der Waals surface area contributed by atoms with Crippen molar-refractivity contribution in [2.45, 2.75) is 6.54 Å². The van der Waals surface area contributed by atoms with Crippen molar-refractivity contribution in [3.63, 3.8) is 0 Å². The van der Waals surface area contributed by atoms with Crippen molar-refractivity contribution in [3.05, 3.63) is 42.0 Å². The molecule has 0 bridgehead atoms. The average Bonchev–Trinajstić information content (AvgIpc) is 3.16. The van der Waals surface area contributed by atoms with Gasteiger partial charge in [0, 0.05) is 5.56 Å². The van der Waals surface area contributed by atoms with Gasteiger partial charge in [0.25, 0.3) is 0 Å². The molecule has 0 saturated carbocycles. The fourth-order valence-corrected chi connectivity index (χ4v) is 3.71. The first-order chi connectivity index (χ1) is 12.8. The number of ether oxygens (including phenoxy) is 4. The predicted molar refractivity (Wildman–Crippen MR) is 98.7 cm³/mol. The maximum Gasteiger partial charge on any atom is 0.231 e. The Morgan fingerprint density at radius 3 is 2.54 bits per heavy atom. The van der Waals surface area contributed by atoms with Crippen LogP contribution in [0.3, 0.4) is 0 Å². The minimum Gasteiger partial charge on any atom is -0.495 e. The number of nitrogens with zero attached hydrogens (tertiary/aromatic N) is 1. The molecule has 0 amide bonds. The van der Waals surface area contributed by atoms with Crippen molar-refractivity contribution in [2.24, 2.45) is 0 Å². The molecule has 2 aliphatic heterocycles. The standard InChI is InChI=1S/C20H24N2O4/c1-23-17-6-4-3-5-16(17)22-9-7-21(8-10-22)13-15-11-18(24-2)20-19(12-15)25-14-26-20/h3-6,11-12H,7-10,13-14H2,1-2H3/p+1. The highest BCUT2D eigenvalue weighted by Crippen LogP contribution is 2.41. The molecule has 1 N–H and O–H groups in total. The first kappa shape index (κ1) is 16.8. The van der Waals surface area contributed by atoms with Gasteiger partial charge in [-0.15, -0.1) is 0 Å². The number of anilines is 1. The van der Waals surface area contributed by atoms with E-state index >= 15 is 0 Å². The average molecular weight is 357 g/mol. The summed E-state index contributed by atoms with van der Waals surface area (Å²) in [5.74, 6) is 3.19.